The van der Waals surface area contributed by atoms with Gasteiger partial charge in [-0.25, -0.2) is 0 Å². The largest absolute Gasteiger partial charge is 0.398 e. The molecule has 0 amide bonds. The Morgan fingerprint density at radius 3 is 2.60 bits per heavy atom. The lowest BCUT2D eigenvalue weighted by atomic mass is 10.0. The van der Waals surface area contributed by atoms with E-state index in [1.807, 2.05) is 37.3 Å². The summed E-state index contributed by atoms with van der Waals surface area (Å²) in [7, 11) is 0. The van der Waals surface area contributed by atoms with Crippen molar-refractivity contribution in [2.24, 2.45) is 0 Å². The zero-order valence-corrected chi connectivity index (χ0v) is 8.57. The molecule has 2 rings (SSSR count). The number of rotatable bonds is 1. The van der Waals surface area contributed by atoms with Crippen molar-refractivity contribution in [3.8, 4) is 11.3 Å². The van der Waals surface area contributed by atoms with E-state index in [1.54, 1.807) is 6.20 Å². The van der Waals surface area contributed by atoms with Gasteiger partial charge >= 0.3 is 0 Å². The SMILES string of the molecule is Cc1cccc(-c2ncccc2N)c1N. The van der Waals surface area contributed by atoms with Crippen LogP contribution in [-0.2, 0) is 0 Å². The number of benzene rings is 1. The highest BCUT2D eigenvalue weighted by Gasteiger charge is 2.07. The summed E-state index contributed by atoms with van der Waals surface area (Å²) in [6, 6.07) is 9.49. The van der Waals surface area contributed by atoms with Gasteiger partial charge in [0.25, 0.3) is 0 Å². The van der Waals surface area contributed by atoms with Crippen LogP contribution in [0, 0.1) is 6.92 Å². The molecule has 1 aromatic heterocycles. The van der Waals surface area contributed by atoms with Crippen molar-refractivity contribution in [1.82, 2.24) is 4.98 Å². The standard InChI is InChI=1S/C12H13N3/c1-8-4-2-5-9(11(8)14)12-10(13)6-3-7-15-12/h2-7H,13-14H2,1H3. The third-order valence-electron chi connectivity index (χ3n) is 2.42. The molecule has 1 aromatic carbocycles. The van der Waals surface area contributed by atoms with Gasteiger partial charge in [0.1, 0.15) is 0 Å². The van der Waals surface area contributed by atoms with E-state index in [0.29, 0.717) is 5.69 Å². The summed E-state index contributed by atoms with van der Waals surface area (Å²) >= 11 is 0. The number of aryl methyl sites for hydroxylation is 1. The molecular weight excluding hydrogens is 186 g/mol. The first-order valence-electron chi connectivity index (χ1n) is 4.76. The maximum Gasteiger partial charge on any atom is 0.0951 e. The van der Waals surface area contributed by atoms with Crippen LogP contribution in [0.3, 0.4) is 0 Å². The van der Waals surface area contributed by atoms with Crippen molar-refractivity contribution in [3.63, 3.8) is 0 Å². The number of pyridine rings is 1. The van der Waals surface area contributed by atoms with Crippen LogP contribution in [0.15, 0.2) is 36.5 Å². The highest BCUT2D eigenvalue weighted by Crippen LogP contribution is 2.29. The fraction of sp³-hybridized carbons (Fsp3) is 0.0833. The van der Waals surface area contributed by atoms with E-state index in [1.165, 1.54) is 0 Å². The highest BCUT2D eigenvalue weighted by atomic mass is 14.7. The lowest BCUT2D eigenvalue weighted by molar-refractivity contribution is 1.32. The average molecular weight is 199 g/mol. The Bertz CT molecular complexity index is 492. The number of para-hydroxylation sites is 1. The lowest BCUT2D eigenvalue weighted by Crippen LogP contribution is -1.98. The van der Waals surface area contributed by atoms with E-state index in [0.717, 1.165) is 22.5 Å². The molecule has 0 radical (unpaired) electrons. The number of hydrogen-bond donors (Lipinski definition) is 2. The van der Waals surface area contributed by atoms with Gasteiger partial charge in [0.2, 0.25) is 0 Å². The molecule has 0 aliphatic heterocycles. The van der Waals surface area contributed by atoms with Crippen molar-refractivity contribution >= 4 is 11.4 Å². The number of anilines is 2. The molecule has 0 saturated heterocycles. The molecule has 4 N–H and O–H groups in total. The predicted molar refractivity (Wildman–Crippen MR) is 63.2 cm³/mol. The van der Waals surface area contributed by atoms with Crippen molar-refractivity contribution in [1.29, 1.82) is 0 Å². The molecule has 3 heteroatoms. The molecule has 3 nitrogen and oxygen atoms in total. The van der Waals surface area contributed by atoms with Crippen LogP contribution >= 0.6 is 0 Å². The molecule has 2 aromatic rings. The smallest absolute Gasteiger partial charge is 0.0951 e. The van der Waals surface area contributed by atoms with Gasteiger partial charge in [-0.3, -0.25) is 4.98 Å². The van der Waals surface area contributed by atoms with Crippen LogP contribution < -0.4 is 11.5 Å². The normalized spacial score (nSPS) is 10.2. The van der Waals surface area contributed by atoms with E-state index in [9.17, 15) is 0 Å². The van der Waals surface area contributed by atoms with Gasteiger partial charge in [0, 0.05) is 17.4 Å². The molecule has 0 unspecified atom stereocenters. The number of aromatic nitrogens is 1. The highest BCUT2D eigenvalue weighted by molar-refractivity contribution is 5.82. The van der Waals surface area contributed by atoms with Gasteiger partial charge in [-0.05, 0) is 24.6 Å². The Kier molecular flexibility index (Phi) is 2.29. The zero-order valence-electron chi connectivity index (χ0n) is 8.57. The summed E-state index contributed by atoms with van der Waals surface area (Å²) < 4.78 is 0. The summed E-state index contributed by atoms with van der Waals surface area (Å²) in [6.07, 6.45) is 1.72. The Labute approximate surface area is 88.8 Å². The molecular formula is C12H13N3. The van der Waals surface area contributed by atoms with Gasteiger partial charge < -0.3 is 11.5 Å². The second-order valence-electron chi connectivity index (χ2n) is 3.48. The van der Waals surface area contributed by atoms with E-state index in [-0.39, 0.29) is 0 Å². The van der Waals surface area contributed by atoms with Crippen LogP contribution in [0.2, 0.25) is 0 Å². The Morgan fingerprint density at radius 1 is 1.07 bits per heavy atom. The zero-order chi connectivity index (χ0) is 10.8. The molecule has 15 heavy (non-hydrogen) atoms. The summed E-state index contributed by atoms with van der Waals surface area (Å²) in [6.45, 7) is 1.97. The van der Waals surface area contributed by atoms with Crippen LogP contribution in [-0.4, -0.2) is 4.98 Å². The van der Waals surface area contributed by atoms with Crippen molar-refractivity contribution in [2.45, 2.75) is 6.92 Å². The topological polar surface area (TPSA) is 64.9 Å². The third kappa shape index (κ3) is 1.64. The monoisotopic (exact) mass is 199 g/mol. The Morgan fingerprint density at radius 2 is 1.87 bits per heavy atom. The fourth-order valence-electron chi connectivity index (χ4n) is 1.53. The van der Waals surface area contributed by atoms with Crippen LogP contribution in [0.4, 0.5) is 11.4 Å². The number of hydrogen-bond acceptors (Lipinski definition) is 3. The van der Waals surface area contributed by atoms with Crippen molar-refractivity contribution in [2.75, 3.05) is 11.5 Å². The number of nitrogen functional groups attached to an aromatic ring is 2. The quantitative estimate of drug-likeness (QED) is 0.692. The maximum absolute atomic E-state index is 5.99. The minimum Gasteiger partial charge on any atom is -0.398 e. The maximum atomic E-state index is 5.99. The second-order valence-corrected chi connectivity index (χ2v) is 3.48. The lowest BCUT2D eigenvalue weighted by Gasteiger charge is -2.09. The van der Waals surface area contributed by atoms with Gasteiger partial charge in [-0.1, -0.05) is 18.2 Å². The minimum atomic E-state index is 0.648. The molecule has 0 aliphatic carbocycles. The van der Waals surface area contributed by atoms with Crippen molar-refractivity contribution in [3.05, 3.63) is 42.1 Å². The van der Waals surface area contributed by atoms with Gasteiger partial charge in [0.05, 0.1) is 11.4 Å². The molecule has 0 bridgehead atoms. The molecule has 0 atom stereocenters. The summed E-state index contributed by atoms with van der Waals surface area (Å²) in [5.74, 6) is 0. The molecule has 1 heterocycles. The third-order valence-corrected chi connectivity index (χ3v) is 2.42. The van der Waals surface area contributed by atoms with E-state index in [4.69, 9.17) is 11.5 Å². The minimum absolute atomic E-state index is 0.648. The predicted octanol–water partition coefficient (Wildman–Crippen LogP) is 2.22. The number of nitrogens with zero attached hydrogens (tertiary/aromatic N) is 1. The van der Waals surface area contributed by atoms with Crippen LogP contribution in [0.1, 0.15) is 5.56 Å². The first-order chi connectivity index (χ1) is 7.20. The van der Waals surface area contributed by atoms with E-state index >= 15 is 0 Å². The molecule has 0 fully saturated rings. The van der Waals surface area contributed by atoms with Gasteiger partial charge in [-0.15, -0.1) is 0 Å². The molecule has 0 aliphatic rings. The molecule has 76 valence electrons. The molecule has 0 spiro atoms. The van der Waals surface area contributed by atoms with E-state index in [2.05, 4.69) is 4.98 Å². The Balaban J connectivity index is 2.65. The van der Waals surface area contributed by atoms with E-state index < -0.39 is 0 Å². The van der Waals surface area contributed by atoms with Crippen LogP contribution in [0.5, 0.6) is 0 Å². The summed E-state index contributed by atoms with van der Waals surface area (Å²) in [5, 5.41) is 0. The second kappa shape index (κ2) is 3.61. The molecule has 0 saturated carbocycles. The first kappa shape index (κ1) is 9.52. The first-order valence-corrected chi connectivity index (χ1v) is 4.76. The van der Waals surface area contributed by atoms with Gasteiger partial charge in [-0.2, -0.15) is 0 Å². The van der Waals surface area contributed by atoms with Crippen molar-refractivity contribution < 1.29 is 0 Å². The summed E-state index contributed by atoms with van der Waals surface area (Å²) in [5.41, 5.74) is 15.9. The fourth-order valence-corrected chi connectivity index (χ4v) is 1.53. The number of nitrogens with two attached hydrogens (primary N) is 2. The average Bonchev–Trinajstić information content (AvgIpc) is 2.23. The Hall–Kier alpha value is -2.03. The van der Waals surface area contributed by atoms with Gasteiger partial charge in [0.15, 0.2) is 0 Å². The van der Waals surface area contributed by atoms with Crippen LogP contribution in [0.25, 0.3) is 11.3 Å². The summed E-state index contributed by atoms with van der Waals surface area (Å²) in [4.78, 5) is 4.25.